The summed E-state index contributed by atoms with van der Waals surface area (Å²) in [7, 11) is 0. The molecule has 1 rings (SSSR count). The monoisotopic (exact) mass is 306 g/mol. The second-order valence-corrected chi connectivity index (χ2v) is 4.64. The number of esters is 2. The minimum absolute atomic E-state index is 0.0310. The van der Waals surface area contributed by atoms with Crippen molar-refractivity contribution in [3.8, 4) is 0 Å². The number of carbonyl (C=O) groups excluding carboxylic acids is 2. The van der Waals surface area contributed by atoms with Crippen LogP contribution in [0.25, 0.3) is 0 Å². The zero-order chi connectivity index (χ0) is 13.9. The van der Waals surface area contributed by atoms with Gasteiger partial charge in [0, 0.05) is 10.6 Å². The van der Waals surface area contributed by atoms with Crippen molar-refractivity contribution in [2.24, 2.45) is 0 Å². The summed E-state index contributed by atoms with van der Waals surface area (Å²) in [4.78, 5) is 23.2. The van der Waals surface area contributed by atoms with Crippen molar-refractivity contribution in [1.82, 2.24) is 0 Å². The number of hydrogen-bond acceptors (Lipinski definition) is 3. The van der Waals surface area contributed by atoms with Crippen molar-refractivity contribution in [2.75, 3.05) is 0 Å². The van der Waals surface area contributed by atoms with Gasteiger partial charge in [0.15, 0.2) is 0 Å². The first-order chi connectivity index (χ1) is 8.36. The molecule has 1 aromatic rings. The van der Waals surface area contributed by atoms with E-state index in [0.717, 1.165) is 0 Å². The van der Waals surface area contributed by atoms with Crippen LogP contribution in [0.2, 0.25) is 15.1 Å². The van der Waals surface area contributed by atoms with Crippen LogP contribution in [-0.2, 0) is 9.53 Å². The highest BCUT2D eigenvalue weighted by molar-refractivity contribution is 6.42. The van der Waals surface area contributed by atoms with Crippen molar-refractivity contribution >= 4 is 46.7 Å². The van der Waals surface area contributed by atoms with Gasteiger partial charge in [-0.15, -0.1) is 0 Å². The van der Waals surface area contributed by atoms with Crippen LogP contribution in [0.1, 0.15) is 24.2 Å². The first kappa shape index (κ1) is 15.0. The van der Waals surface area contributed by atoms with Crippen molar-refractivity contribution in [2.45, 2.75) is 13.8 Å². The molecule has 0 unspecified atom stereocenters. The van der Waals surface area contributed by atoms with Gasteiger partial charge in [-0.2, -0.15) is 0 Å². The van der Waals surface area contributed by atoms with E-state index in [1.165, 1.54) is 25.1 Å². The fraction of sp³-hybridized carbons (Fsp3) is 0.167. The van der Waals surface area contributed by atoms with Gasteiger partial charge in [0.2, 0.25) is 0 Å². The minimum atomic E-state index is -0.909. The summed E-state index contributed by atoms with van der Waals surface area (Å²) in [5.74, 6) is -1.66. The smallest absolute Gasteiger partial charge is 0.349 e. The normalized spacial score (nSPS) is 11.3. The zero-order valence-electron chi connectivity index (χ0n) is 9.59. The summed E-state index contributed by atoms with van der Waals surface area (Å²) in [6, 6.07) is 2.69. The molecule has 3 nitrogen and oxygen atoms in total. The molecule has 0 aromatic heterocycles. The van der Waals surface area contributed by atoms with E-state index in [4.69, 9.17) is 34.8 Å². The molecule has 0 saturated heterocycles. The highest BCUT2D eigenvalue weighted by Crippen LogP contribution is 2.29. The quantitative estimate of drug-likeness (QED) is 0.465. The van der Waals surface area contributed by atoms with Gasteiger partial charge in [-0.05, 0) is 26.0 Å². The molecule has 96 valence electrons. The van der Waals surface area contributed by atoms with Gasteiger partial charge < -0.3 is 4.74 Å². The number of carbonyl (C=O) groups is 2. The van der Waals surface area contributed by atoms with Gasteiger partial charge in [0.05, 0.1) is 15.6 Å². The Kier molecular flexibility index (Phi) is 5.20. The van der Waals surface area contributed by atoms with Crippen molar-refractivity contribution < 1.29 is 14.3 Å². The number of hydrogen-bond donors (Lipinski definition) is 0. The summed E-state index contributed by atoms with van der Waals surface area (Å²) in [6.07, 6.45) is 1.53. The van der Waals surface area contributed by atoms with Crippen LogP contribution in [0.15, 0.2) is 23.8 Å². The fourth-order valence-electron chi connectivity index (χ4n) is 1.07. The van der Waals surface area contributed by atoms with Crippen LogP contribution in [0.3, 0.4) is 0 Å². The lowest BCUT2D eigenvalue weighted by molar-refractivity contribution is -0.133. The zero-order valence-corrected chi connectivity index (χ0v) is 11.9. The van der Waals surface area contributed by atoms with E-state index in [1.54, 1.807) is 6.92 Å². The van der Waals surface area contributed by atoms with E-state index in [1.807, 2.05) is 0 Å². The highest BCUT2D eigenvalue weighted by atomic mass is 35.5. The molecule has 6 heteroatoms. The molecule has 0 fully saturated rings. The molecule has 0 spiro atoms. The standard InChI is InChI=1S/C12H9Cl3O3/c1-3-6(2)11(16)18-12(17)10-8(14)4-7(13)5-9(10)15/h3-5H,1-2H3. The molecule has 0 amide bonds. The van der Waals surface area contributed by atoms with Crippen molar-refractivity contribution in [3.63, 3.8) is 0 Å². The van der Waals surface area contributed by atoms with Gasteiger partial charge in [-0.1, -0.05) is 40.9 Å². The van der Waals surface area contributed by atoms with Crippen LogP contribution in [-0.4, -0.2) is 11.9 Å². The number of allylic oxidation sites excluding steroid dienone is 1. The first-order valence-electron chi connectivity index (χ1n) is 4.90. The summed E-state index contributed by atoms with van der Waals surface area (Å²) in [5, 5.41) is 0.351. The molecule has 0 atom stereocenters. The number of benzene rings is 1. The van der Waals surface area contributed by atoms with Gasteiger partial charge in [-0.25, -0.2) is 9.59 Å². The maximum absolute atomic E-state index is 11.7. The summed E-state index contributed by atoms with van der Waals surface area (Å²) in [5.41, 5.74) is 0.226. The average molecular weight is 308 g/mol. The molecule has 0 radical (unpaired) electrons. The molecule has 0 N–H and O–H groups in total. The Balaban J connectivity index is 3.03. The Morgan fingerprint density at radius 3 is 2.11 bits per heavy atom. The molecule has 1 aromatic carbocycles. The van der Waals surface area contributed by atoms with Crippen LogP contribution in [0.5, 0.6) is 0 Å². The first-order valence-corrected chi connectivity index (χ1v) is 6.04. The molecule has 0 aliphatic heterocycles. The minimum Gasteiger partial charge on any atom is -0.386 e. The maximum atomic E-state index is 11.7. The predicted octanol–water partition coefficient (Wildman–Crippen LogP) is 4.30. The Morgan fingerprint density at radius 1 is 1.17 bits per heavy atom. The van der Waals surface area contributed by atoms with E-state index >= 15 is 0 Å². The van der Waals surface area contributed by atoms with Gasteiger partial charge in [0.1, 0.15) is 0 Å². The second-order valence-electron chi connectivity index (χ2n) is 3.39. The molecule has 0 saturated carbocycles. The summed E-state index contributed by atoms with van der Waals surface area (Å²) < 4.78 is 4.63. The largest absolute Gasteiger partial charge is 0.386 e. The molecular weight excluding hydrogens is 298 g/mol. The lowest BCUT2D eigenvalue weighted by Gasteiger charge is -2.07. The number of halogens is 3. The Hall–Kier alpha value is -1.03. The third kappa shape index (κ3) is 3.48. The van der Waals surface area contributed by atoms with Crippen molar-refractivity contribution in [1.29, 1.82) is 0 Å². The third-order valence-corrected chi connectivity index (χ3v) is 2.97. The van der Waals surface area contributed by atoms with Gasteiger partial charge in [-0.3, -0.25) is 0 Å². The summed E-state index contributed by atoms with van der Waals surface area (Å²) in [6.45, 7) is 3.18. The van der Waals surface area contributed by atoms with E-state index < -0.39 is 11.9 Å². The molecule has 18 heavy (non-hydrogen) atoms. The van der Waals surface area contributed by atoms with Crippen molar-refractivity contribution in [3.05, 3.63) is 44.4 Å². The van der Waals surface area contributed by atoms with Crippen LogP contribution >= 0.6 is 34.8 Å². The second kappa shape index (κ2) is 6.23. The highest BCUT2D eigenvalue weighted by Gasteiger charge is 2.20. The van der Waals surface area contributed by atoms with E-state index in [2.05, 4.69) is 4.74 Å². The van der Waals surface area contributed by atoms with Crippen LogP contribution in [0, 0.1) is 0 Å². The molecule has 0 aliphatic rings. The SMILES string of the molecule is CC=C(C)C(=O)OC(=O)c1c(Cl)cc(Cl)cc1Cl. The number of ether oxygens (including phenoxy) is 1. The van der Waals surface area contributed by atoms with E-state index in [9.17, 15) is 9.59 Å². The average Bonchev–Trinajstić information content (AvgIpc) is 2.26. The Morgan fingerprint density at radius 2 is 1.67 bits per heavy atom. The molecule has 0 heterocycles. The van der Waals surface area contributed by atoms with E-state index in [-0.39, 0.29) is 20.6 Å². The van der Waals surface area contributed by atoms with Crippen LogP contribution in [0.4, 0.5) is 0 Å². The molecular formula is C12H9Cl3O3. The van der Waals surface area contributed by atoms with Gasteiger partial charge in [0.25, 0.3) is 0 Å². The topological polar surface area (TPSA) is 43.4 Å². The predicted molar refractivity (Wildman–Crippen MR) is 71.3 cm³/mol. The lowest BCUT2D eigenvalue weighted by atomic mass is 10.2. The Labute approximate surface area is 119 Å². The Bertz CT molecular complexity index is 512. The molecule has 0 aliphatic carbocycles. The third-order valence-electron chi connectivity index (χ3n) is 2.15. The lowest BCUT2D eigenvalue weighted by Crippen LogP contribution is -2.14. The maximum Gasteiger partial charge on any atom is 0.349 e. The van der Waals surface area contributed by atoms with Crippen LogP contribution < -0.4 is 0 Å². The van der Waals surface area contributed by atoms with Gasteiger partial charge >= 0.3 is 11.9 Å². The summed E-state index contributed by atoms with van der Waals surface area (Å²) >= 11 is 17.4. The number of rotatable bonds is 2. The van der Waals surface area contributed by atoms with E-state index in [0.29, 0.717) is 5.57 Å². The fourth-order valence-corrected chi connectivity index (χ4v) is 2.04. The molecule has 0 bridgehead atoms.